The van der Waals surface area contributed by atoms with Crippen molar-refractivity contribution in [1.82, 2.24) is 0 Å². The predicted octanol–water partition coefficient (Wildman–Crippen LogP) is 4.58. The van der Waals surface area contributed by atoms with Crippen LogP contribution in [0.2, 0.25) is 0 Å². The number of rotatable bonds is 9. The lowest BCUT2D eigenvalue weighted by atomic mass is 10.2. The van der Waals surface area contributed by atoms with Crippen LogP contribution in [0.1, 0.15) is 43.5 Å². The highest BCUT2D eigenvalue weighted by Gasteiger charge is 2.20. The van der Waals surface area contributed by atoms with Crippen molar-refractivity contribution >= 4 is 17.6 Å². The zero-order valence-electron chi connectivity index (χ0n) is 15.5. The minimum Gasteiger partial charge on any atom is -0.478 e. The van der Waals surface area contributed by atoms with Crippen molar-refractivity contribution in [2.45, 2.75) is 39.2 Å². The number of hydrogen-bond acceptors (Lipinski definition) is 4. The summed E-state index contributed by atoms with van der Waals surface area (Å²) in [5, 5.41) is 2.71. The van der Waals surface area contributed by atoms with Crippen LogP contribution < -0.4 is 10.1 Å². The average molecular weight is 373 g/mol. The normalized spacial score (nSPS) is 11.5. The fraction of sp³-hybridized carbons (Fsp3) is 0.333. The summed E-state index contributed by atoms with van der Waals surface area (Å²) in [4.78, 5) is 24.3. The zero-order chi connectivity index (χ0) is 19.6. The summed E-state index contributed by atoms with van der Waals surface area (Å²) in [7, 11) is 0. The number of ether oxygens (including phenoxy) is 2. The minimum atomic E-state index is -0.833. The smallest absolute Gasteiger partial charge is 0.338 e. The molecule has 0 aliphatic rings. The SMILES string of the molecule is CCCCOC(=O)c1ccc(NC(=O)[C@H](CC)Oc2ccccc2F)cc1. The second kappa shape index (κ2) is 10.3. The van der Waals surface area contributed by atoms with E-state index in [2.05, 4.69) is 5.32 Å². The van der Waals surface area contributed by atoms with Crippen LogP contribution >= 0.6 is 0 Å². The van der Waals surface area contributed by atoms with Gasteiger partial charge in [0.25, 0.3) is 5.91 Å². The molecule has 2 aromatic rings. The molecular formula is C21H24FNO4. The maximum absolute atomic E-state index is 13.7. The van der Waals surface area contributed by atoms with Crippen LogP contribution in [0.3, 0.4) is 0 Å². The van der Waals surface area contributed by atoms with Gasteiger partial charge in [-0.05, 0) is 49.2 Å². The number of para-hydroxylation sites is 1. The number of esters is 1. The van der Waals surface area contributed by atoms with E-state index < -0.39 is 17.9 Å². The van der Waals surface area contributed by atoms with E-state index in [-0.39, 0.29) is 11.7 Å². The minimum absolute atomic E-state index is 0.0321. The van der Waals surface area contributed by atoms with E-state index in [0.717, 1.165) is 12.8 Å². The molecule has 1 amide bonds. The first-order chi connectivity index (χ1) is 13.0. The molecule has 0 aliphatic carbocycles. The summed E-state index contributed by atoms with van der Waals surface area (Å²) >= 11 is 0. The highest BCUT2D eigenvalue weighted by Crippen LogP contribution is 2.19. The Morgan fingerprint density at radius 3 is 2.41 bits per heavy atom. The third-order valence-corrected chi connectivity index (χ3v) is 3.89. The maximum Gasteiger partial charge on any atom is 0.338 e. The van der Waals surface area contributed by atoms with Crippen LogP contribution in [0.25, 0.3) is 0 Å². The van der Waals surface area contributed by atoms with Gasteiger partial charge in [0.05, 0.1) is 12.2 Å². The quantitative estimate of drug-likeness (QED) is 0.516. The summed E-state index contributed by atoms with van der Waals surface area (Å²) in [6.07, 6.45) is 1.31. The number of carbonyl (C=O) groups is 2. The van der Waals surface area contributed by atoms with Gasteiger partial charge in [0.2, 0.25) is 0 Å². The van der Waals surface area contributed by atoms with Crippen LogP contribution in [0, 0.1) is 5.82 Å². The number of carbonyl (C=O) groups excluding carboxylic acids is 2. The molecule has 144 valence electrons. The van der Waals surface area contributed by atoms with Crippen molar-refractivity contribution in [1.29, 1.82) is 0 Å². The summed E-state index contributed by atoms with van der Waals surface area (Å²) in [5.41, 5.74) is 0.930. The van der Waals surface area contributed by atoms with E-state index in [1.54, 1.807) is 43.3 Å². The molecule has 0 radical (unpaired) electrons. The molecule has 1 atom stereocenters. The standard InChI is InChI=1S/C21H24FNO4/c1-3-5-14-26-21(25)15-10-12-16(13-11-15)23-20(24)18(4-2)27-19-9-7-6-8-17(19)22/h6-13,18H,3-5,14H2,1-2H3,(H,23,24)/t18-/m0/s1. The molecule has 0 heterocycles. The Hall–Kier alpha value is -2.89. The van der Waals surface area contributed by atoms with E-state index in [0.29, 0.717) is 24.3 Å². The van der Waals surface area contributed by atoms with Crippen LogP contribution in [0.4, 0.5) is 10.1 Å². The molecule has 0 aliphatic heterocycles. The largest absolute Gasteiger partial charge is 0.478 e. The van der Waals surface area contributed by atoms with Gasteiger partial charge in [0.15, 0.2) is 17.7 Å². The number of amides is 1. The van der Waals surface area contributed by atoms with Crippen LogP contribution in [-0.2, 0) is 9.53 Å². The second-order valence-corrected chi connectivity index (χ2v) is 6.00. The van der Waals surface area contributed by atoms with Gasteiger partial charge in [0.1, 0.15) is 0 Å². The van der Waals surface area contributed by atoms with Crippen molar-refractivity contribution in [2.24, 2.45) is 0 Å². The van der Waals surface area contributed by atoms with Gasteiger partial charge in [0, 0.05) is 5.69 Å². The fourth-order valence-electron chi connectivity index (χ4n) is 2.32. The van der Waals surface area contributed by atoms with Gasteiger partial charge < -0.3 is 14.8 Å². The number of benzene rings is 2. The first kappa shape index (κ1) is 20.4. The molecule has 0 saturated heterocycles. The molecule has 5 nitrogen and oxygen atoms in total. The zero-order valence-corrected chi connectivity index (χ0v) is 15.5. The van der Waals surface area contributed by atoms with Gasteiger partial charge in [-0.2, -0.15) is 0 Å². The lowest BCUT2D eigenvalue weighted by Gasteiger charge is -2.17. The monoisotopic (exact) mass is 373 g/mol. The Morgan fingerprint density at radius 1 is 1.07 bits per heavy atom. The van der Waals surface area contributed by atoms with Gasteiger partial charge in [-0.1, -0.05) is 32.4 Å². The lowest BCUT2D eigenvalue weighted by Crippen LogP contribution is -2.32. The number of anilines is 1. The maximum atomic E-state index is 13.7. The Balaban J connectivity index is 1.95. The van der Waals surface area contributed by atoms with Crippen molar-refractivity contribution in [3.8, 4) is 5.75 Å². The molecular weight excluding hydrogens is 349 g/mol. The number of halogens is 1. The first-order valence-corrected chi connectivity index (χ1v) is 9.04. The highest BCUT2D eigenvalue weighted by molar-refractivity contribution is 5.95. The Kier molecular flexibility index (Phi) is 7.79. The summed E-state index contributed by atoms with van der Waals surface area (Å²) in [5.74, 6) is -1.27. The molecule has 0 spiro atoms. The fourth-order valence-corrected chi connectivity index (χ4v) is 2.32. The lowest BCUT2D eigenvalue weighted by molar-refractivity contribution is -0.122. The van der Waals surface area contributed by atoms with Crippen LogP contribution in [-0.4, -0.2) is 24.6 Å². The Labute approximate surface area is 158 Å². The summed E-state index contributed by atoms with van der Waals surface area (Å²) in [6, 6.07) is 12.3. The topological polar surface area (TPSA) is 64.6 Å². The molecule has 0 aromatic heterocycles. The third-order valence-electron chi connectivity index (χ3n) is 3.89. The van der Waals surface area contributed by atoms with E-state index in [9.17, 15) is 14.0 Å². The number of unbranched alkanes of at least 4 members (excludes halogenated alkanes) is 1. The van der Waals surface area contributed by atoms with Gasteiger partial charge in [-0.15, -0.1) is 0 Å². The molecule has 0 saturated carbocycles. The number of hydrogen-bond donors (Lipinski definition) is 1. The Morgan fingerprint density at radius 2 is 1.78 bits per heavy atom. The van der Waals surface area contributed by atoms with Crippen molar-refractivity contribution in [3.63, 3.8) is 0 Å². The van der Waals surface area contributed by atoms with E-state index >= 15 is 0 Å². The van der Waals surface area contributed by atoms with Gasteiger partial charge in [-0.25, -0.2) is 9.18 Å². The molecule has 6 heteroatoms. The van der Waals surface area contributed by atoms with Crippen LogP contribution in [0.15, 0.2) is 48.5 Å². The summed E-state index contributed by atoms with van der Waals surface area (Å²) < 4.78 is 24.3. The van der Waals surface area contributed by atoms with E-state index in [1.165, 1.54) is 12.1 Å². The molecule has 0 bridgehead atoms. The third kappa shape index (κ3) is 6.09. The highest BCUT2D eigenvalue weighted by atomic mass is 19.1. The van der Waals surface area contributed by atoms with Crippen molar-refractivity contribution in [2.75, 3.05) is 11.9 Å². The van der Waals surface area contributed by atoms with Gasteiger partial charge >= 0.3 is 5.97 Å². The molecule has 0 unspecified atom stereocenters. The second-order valence-electron chi connectivity index (χ2n) is 6.00. The van der Waals surface area contributed by atoms with Gasteiger partial charge in [-0.3, -0.25) is 4.79 Å². The molecule has 1 N–H and O–H groups in total. The molecule has 2 aromatic carbocycles. The summed E-state index contributed by atoms with van der Waals surface area (Å²) in [6.45, 7) is 4.19. The molecule has 2 rings (SSSR count). The molecule has 27 heavy (non-hydrogen) atoms. The molecule has 0 fully saturated rings. The predicted molar refractivity (Wildman–Crippen MR) is 101 cm³/mol. The average Bonchev–Trinajstić information content (AvgIpc) is 2.68. The van der Waals surface area contributed by atoms with E-state index in [1.807, 2.05) is 6.92 Å². The van der Waals surface area contributed by atoms with Crippen molar-refractivity contribution < 1.29 is 23.5 Å². The first-order valence-electron chi connectivity index (χ1n) is 9.04. The van der Waals surface area contributed by atoms with Crippen LogP contribution in [0.5, 0.6) is 5.75 Å². The van der Waals surface area contributed by atoms with E-state index in [4.69, 9.17) is 9.47 Å². The number of nitrogens with one attached hydrogen (secondary N) is 1. The Bertz CT molecular complexity index is 761. The van der Waals surface area contributed by atoms with Crippen molar-refractivity contribution in [3.05, 3.63) is 59.9 Å².